The molecule has 2 heterocycles. The summed E-state index contributed by atoms with van der Waals surface area (Å²) >= 11 is 0. The number of benzene rings is 2. The molecule has 1 unspecified atom stereocenters. The van der Waals surface area contributed by atoms with Crippen molar-refractivity contribution in [2.75, 3.05) is 23.7 Å². The standard InChI is InChI=1S/C24H23N5O5S/c30-22(31)14-21(17-4-2-10-25-15-17)35(33,34)20-8-6-18(7-9-20)28-23(32)16-3-1-5-19(13-16)29-24-26-11-12-27-24/h1-10,13,15,21H,11-12,14H2,(H,28,32)(H,30,31)(H2,26,27,29). The van der Waals surface area contributed by atoms with E-state index >= 15 is 0 Å². The zero-order chi connectivity index (χ0) is 24.8. The first-order valence-corrected chi connectivity index (χ1v) is 12.3. The van der Waals surface area contributed by atoms with Gasteiger partial charge in [-0.1, -0.05) is 12.1 Å². The quantitative estimate of drug-likeness (QED) is 0.374. The Morgan fingerprint density at radius 1 is 1.06 bits per heavy atom. The molecule has 1 aliphatic rings. The van der Waals surface area contributed by atoms with Crippen molar-refractivity contribution in [1.82, 2.24) is 10.3 Å². The van der Waals surface area contributed by atoms with E-state index in [0.29, 0.717) is 35.0 Å². The third kappa shape index (κ3) is 5.82. The van der Waals surface area contributed by atoms with Crippen LogP contribution < -0.4 is 16.0 Å². The van der Waals surface area contributed by atoms with Crippen molar-refractivity contribution in [2.24, 2.45) is 4.99 Å². The number of rotatable bonds is 8. The maximum absolute atomic E-state index is 13.2. The van der Waals surface area contributed by atoms with Crippen LogP contribution in [0.1, 0.15) is 27.6 Å². The zero-order valence-electron chi connectivity index (χ0n) is 18.5. The highest BCUT2D eigenvalue weighted by molar-refractivity contribution is 7.91. The molecule has 11 heteroatoms. The van der Waals surface area contributed by atoms with Crippen LogP contribution in [-0.4, -0.2) is 49.4 Å². The number of carboxylic acids is 1. The monoisotopic (exact) mass is 493 g/mol. The van der Waals surface area contributed by atoms with Gasteiger partial charge in [0.15, 0.2) is 15.8 Å². The van der Waals surface area contributed by atoms with Crippen LogP contribution in [0.2, 0.25) is 0 Å². The Morgan fingerprint density at radius 2 is 1.86 bits per heavy atom. The number of aromatic nitrogens is 1. The molecule has 0 fully saturated rings. The molecule has 0 bridgehead atoms. The topological polar surface area (TPSA) is 150 Å². The Kier molecular flexibility index (Phi) is 7.06. The summed E-state index contributed by atoms with van der Waals surface area (Å²) in [6, 6.07) is 15.6. The lowest BCUT2D eigenvalue weighted by Gasteiger charge is -2.16. The van der Waals surface area contributed by atoms with E-state index in [-0.39, 0.29) is 10.8 Å². The SMILES string of the molecule is O=C(O)CC(c1cccnc1)S(=O)(=O)c1ccc(NC(=O)c2cccc(NC3=NCCN3)c2)cc1. The fourth-order valence-electron chi connectivity index (χ4n) is 3.58. The van der Waals surface area contributed by atoms with E-state index in [1.54, 1.807) is 24.3 Å². The van der Waals surface area contributed by atoms with E-state index in [9.17, 15) is 23.1 Å². The van der Waals surface area contributed by atoms with Crippen molar-refractivity contribution in [3.05, 3.63) is 84.2 Å². The van der Waals surface area contributed by atoms with Crippen molar-refractivity contribution in [1.29, 1.82) is 0 Å². The third-order valence-corrected chi connectivity index (χ3v) is 7.41. The molecule has 1 amide bonds. The van der Waals surface area contributed by atoms with Crippen LogP contribution in [0.15, 0.2) is 82.9 Å². The maximum Gasteiger partial charge on any atom is 0.305 e. The number of aliphatic imine (C=N–C) groups is 1. The molecule has 10 nitrogen and oxygen atoms in total. The van der Waals surface area contributed by atoms with E-state index in [1.165, 1.54) is 42.7 Å². The number of nitrogens with one attached hydrogen (secondary N) is 3. The van der Waals surface area contributed by atoms with Crippen LogP contribution in [0.25, 0.3) is 0 Å². The van der Waals surface area contributed by atoms with E-state index in [2.05, 4.69) is 25.9 Å². The highest BCUT2D eigenvalue weighted by Crippen LogP contribution is 2.32. The van der Waals surface area contributed by atoms with Crippen LogP contribution in [0, 0.1) is 0 Å². The summed E-state index contributed by atoms with van der Waals surface area (Å²) in [5.41, 5.74) is 1.79. The Balaban J connectivity index is 1.49. The number of guanidine groups is 1. The largest absolute Gasteiger partial charge is 0.481 e. The van der Waals surface area contributed by atoms with Crippen molar-refractivity contribution in [3.8, 4) is 0 Å². The van der Waals surface area contributed by atoms with Gasteiger partial charge in [-0.25, -0.2) is 8.42 Å². The molecule has 0 aliphatic carbocycles. The lowest BCUT2D eigenvalue weighted by atomic mass is 10.1. The fraction of sp³-hybridized carbons (Fsp3) is 0.167. The molecule has 0 radical (unpaired) electrons. The second kappa shape index (κ2) is 10.3. The fourth-order valence-corrected chi connectivity index (χ4v) is 5.29. The minimum absolute atomic E-state index is 0.0540. The first-order chi connectivity index (χ1) is 16.8. The van der Waals surface area contributed by atoms with Crippen LogP contribution in [0.5, 0.6) is 0 Å². The summed E-state index contributed by atoms with van der Waals surface area (Å²) in [6.07, 6.45) is 2.23. The number of anilines is 2. The van der Waals surface area contributed by atoms with Crippen molar-refractivity contribution in [3.63, 3.8) is 0 Å². The highest BCUT2D eigenvalue weighted by atomic mass is 32.2. The second-order valence-electron chi connectivity index (χ2n) is 7.76. The van der Waals surface area contributed by atoms with Gasteiger partial charge in [0.1, 0.15) is 5.25 Å². The predicted octanol–water partition coefficient (Wildman–Crippen LogP) is 2.69. The van der Waals surface area contributed by atoms with Gasteiger partial charge in [-0.3, -0.25) is 19.6 Å². The van der Waals surface area contributed by atoms with Crippen molar-refractivity contribution < 1.29 is 23.1 Å². The van der Waals surface area contributed by atoms with Crippen LogP contribution >= 0.6 is 0 Å². The Bertz CT molecular complexity index is 1360. The number of carbonyl (C=O) groups is 2. The number of hydrogen-bond donors (Lipinski definition) is 4. The molecule has 4 N–H and O–H groups in total. The molecule has 2 aromatic carbocycles. The molecule has 180 valence electrons. The highest BCUT2D eigenvalue weighted by Gasteiger charge is 2.31. The Morgan fingerprint density at radius 3 is 2.51 bits per heavy atom. The van der Waals surface area contributed by atoms with E-state index in [0.717, 1.165) is 6.54 Å². The van der Waals surface area contributed by atoms with Crippen molar-refractivity contribution >= 4 is 39.0 Å². The summed E-state index contributed by atoms with van der Waals surface area (Å²) in [7, 11) is -4.02. The van der Waals surface area contributed by atoms with Gasteiger partial charge in [0.25, 0.3) is 5.91 Å². The normalized spacial score (nSPS) is 13.9. The number of carbonyl (C=O) groups excluding carboxylic acids is 1. The molecular formula is C24H23N5O5S. The number of hydrogen-bond acceptors (Lipinski definition) is 8. The van der Waals surface area contributed by atoms with Gasteiger partial charge in [-0.15, -0.1) is 0 Å². The molecule has 35 heavy (non-hydrogen) atoms. The number of aliphatic carboxylic acids is 1. The lowest BCUT2D eigenvalue weighted by Crippen LogP contribution is -2.26. The Labute approximate surface area is 202 Å². The number of sulfone groups is 1. The van der Waals surface area contributed by atoms with Gasteiger partial charge in [0.2, 0.25) is 0 Å². The van der Waals surface area contributed by atoms with Gasteiger partial charge in [-0.2, -0.15) is 0 Å². The average molecular weight is 494 g/mol. The van der Waals surface area contributed by atoms with Gasteiger partial charge < -0.3 is 21.1 Å². The average Bonchev–Trinajstić information content (AvgIpc) is 3.36. The lowest BCUT2D eigenvalue weighted by molar-refractivity contribution is -0.137. The van der Waals surface area contributed by atoms with Gasteiger partial charge in [0, 0.05) is 35.9 Å². The third-order valence-electron chi connectivity index (χ3n) is 5.29. The van der Waals surface area contributed by atoms with Crippen LogP contribution in [0.4, 0.5) is 11.4 Å². The number of nitrogens with zero attached hydrogens (tertiary/aromatic N) is 2. The zero-order valence-corrected chi connectivity index (χ0v) is 19.3. The molecule has 4 rings (SSSR count). The molecular weight excluding hydrogens is 470 g/mol. The summed E-state index contributed by atoms with van der Waals surface area (Å²) in [5.74, 6) is -0.963. The molecule has 1 aromatic heterocycles. The predicted molar refractivity (Wildman–Crippen MR) is 131 cm³/mol. The number of amides is 1. The van der Waals surface area contributed by atoms with Gasteiger partial charge in [-0.05, 0) is 54.1 Å². The molecule has 0 saturated heterocycles. The summed E-state index contributed by atoms with van der Waals surface area (Å²) in [4.78, 5) is 32.2. The maximum atomic E-state index is 13.2. The van der Waals surface area contributed by atoms with E-state index < -0.39 is 27.5 Å². The molecule has 0 saturated carbocycles. The molecule has 1 aliphatic heterocycles. The first-order valence-electron chi connectivity index (χ1n) is 10.8. The molecule has 3 aromatic rings. The van der Waals surface area contributed by atoms with Gasteiger partial charge >= 0.3 is 5.97 Å². The van der Waals surface area contributed by atoms with Gasteiger partial charge in [0.05, 0.1) is 17.9 Å². The van der Waals surface area contributed by atoms with E-state index in [1.807, 2.05) is 6.07 Å². The van der Waals surface area contributed by atoms with E-state index in [4.69, 9.17) is 0 Å². The minimum Gasteiger partial charge on any atom is -0.481 e. The molecule has 0 spiro atoms. The summed E-state index contributed by atoms with van der Waals surface area (Å²) in [5, 5.41) is 16.9. The van der Waals surface area contributed by atoms with Crippen LogP contribution in [-0.2, 0) is 14.6 Å². The first kappa shape index (κ1) is 23.9. The van der Waals surface area contributed by atoms with Crippen molar-refractivity contribution in [2.45, 2.75) is 16.6 Å². The van der Waals surface area contributed by atoms with Crippen LogP contribution in [0.3, 0.4) is 0 Å². The number of pyridine rings is 1. The minimum atomic E-state index is -4.02. The second-order valence-corrected chi connectivity index (χ2v) is 9.89. The summed E-state index contributed by atoms with van der Waals surface area (Å²) < 4.78 is 26.4. The summed E-state index contributed by atoms with van der Waals surface area (Å²) in [6.45, 7) is 1.45. The molecule has 1 atom stereocenters. The number of carboxylic acid groups (broad SMARTS) is 1. The Hall–Kier alpha value is -4.25. The smallest absolute Gasteiger partial charge is 0.305 e.